The Hall–Kier alpha value is -2.14. The molecule has 27 heavy (non-hydrogen) atoms. The molecule has 4 nitrogen and oxygen atoms in total. The largest absolute Gasteiger partial charge is 0.352 e. The topological polar surface area (TPSA) is 58.2 Å². The van der Waals surface area contributed by atoms with Crippen LogP contribution in [0.4, 0.5) is 5.00 Å². The molecule has 1 heterocycles. The van der Waals surface area contributed by atoms with E-state index < -0.39 is 0 Å². The summed E-state index contributed by atoms with van der Waals surface area (Å²) in [6.07, 6.45) is 6.71. The molecule has 0 aliphatic rings. The average Bonchev–Trinajstić information content (AvgIpc) is 3.10. The lowest BCUT2D eigenvalue weighted by Gasteiger charge is -2.07. The maximum atomic E-state index is 12.6. The van der Waals surface area contributed by atoms with Gasteiger partial charge in [0.05, 0.1) is 5.56 Å². The SMILES string of the molecule is CCCCCCC(=O)Nc1sc(-c2ccccc2)cc1C(=O)NCCCC. The van der Waals surface area contributed by atoms with Crippen molar-refractivity contribution in [3.05, 3.63) is 42.0 Å². The highest BCUT2D eigenvalue weighted by Gasteiger charge is 2.18. The minimum Gasteiger partial charge on any atom is -0.352 e. The lowest BCUT2D eigenvalue weighted by Crippen LogP contribution is -2.25. The van der Waals surface area contributed by atoms with Crippen LogP contribution in [0.3, 0.4) is 0 Å². The Balaban J connectivity index is 2.13. The van der Waals surface area contributed by atoms with Gasteiger partial charge >= 0.3 is 0 Å². The van der Waals surface area contributed by atoms with Gasteiger partial charge in [0.15, 0.2) is 0 Å². The Bertz CT molecular complexity index is 725. The molecule has 5 heteroatoms. The van der Waals surface area contributed by atoms with E-state index in [4.69, 9.17) is 0 Å². The van der Waals surface area contributed by atoms with Gasteiger partial charge in [-0.15, -0.1) is 11.3 Å². The third kappa shape index (κ3) is 6.83. The van der Waals surface area contributed by atoms with Crippen molar-refractivity contribution in [2.24, 2.45) is 0 Å². The highest BCUT2D eigenvalue weighted by molar-refractivity contribution is 7.20. The van der Waals surface area contributed by atoms with E-state index in [1.54, 1.807) is 0 Å². The van der Waals surface area contributed by atoms with Crippen molar-refractivity contribution in [3.63, 3.8) is 0 Å². The third-order valence-corrected chi connectivity index (χ3v) is 5.46. The zero-order valence-corrected chi connectivity index (χ0v) is 17.2. The van der Waals surface area contributed by atoms with E-state index in [9.17, 15) is 9.59 Å². The number of thiophene rings is 1. The fourth-order valence-electron chi connectivity index (χ4n) is 2.77. The summed E-state index contributed by atoms with van der Waals surface area (Å²) in [6, 6.07) is 11.8. The van der Waals surface area contributed by atoms with Gasteiger partial charge in [-0.05, 0) is 24.5 Å². The van der Waals surface area contributed by atoms with E-state index in [-0.39, 0.29) is 11.8 Å². The summed E-state index contributed by atoms with van der Waals surface area (Å²) < 4.78 is 0. The molecular weight excluding hydrogens is 356 g/mol. The number of hydrogen-bond acceptors (Lipinski definition) is 3. The number of benzene rings is 1. The van der Waals surface area contributed by atoms with Gasteiger partial charge in [-0.1, -0.05) is 69.9 Å². The lowest BCUT2D eigenvalue weighted by atomic mass is 10.1. The van der Waals surface area contributed by atoms with Crippen LogP contribution in [0.2, 0.25) is 0 Å². The van der Waals surface area contributed by atoms with Crippen LogP contribution in [0, 0.1) is 0 Å². The van der Waals surface area contributed by atoms with Crippen LogP contribution >= 0.6 is 11.3 Å². The lowest BCUT2D eigenvalue weighted by molar-refractivity contribution is -0.116. The van der Waals surface area contributed by atoms with Crippen LogP contribution in [-0.4, -0.2) is 18.4 Å². The minimum absolute atomic E-state index is 0.0184. The number of rotatable bonds is 11. The molecule has 1 aromatic carbocycles. The number of unbranched alkanes of at least 4 members (excludes halogenated alkanes) is 4. The number of nitrogens with one attached hydrogen (secondary N) is 2. The Morgan fingerprint density at radius 1 is 0.963 bits per heavy atom. The van der Waals surface area contributed by atoms with Crippen molar-refractivity contribution >= 4 is 28.2 Å². The summed E-state index contributed by atoms with van der Waals surface area (Å²) in [5.74, 6) is -0.140. The monoisotopic (exact) mass is 386 g/mol. The van der Waals surface area contributed by atoms with Gasteiger partial charge in [0, 0.05) is 17.8 Å². The van der Waals surface area contributed by atoms with Crippen LogP contribution in [0.5, 0.6) is 0 Å². The molecule has 146 valence electrons. The smallest absolute Gasteiger partial charge is 0.254 e. The molecule has 0 saturated carbocycles. The van der Waals surface area contributed by atoms with Gasteiger partial charge in [-0.2, -0.15) is 0 Å². The van der Waals surface area contributed by atoms with Crippen LogP contribution in [0.25, 0.3) is 10.4 Å². The average molecular weight is 387 g/mol. The zero-order chi connectivity index (χ0) is 19.5. The standard InChI is InChI=1S/C22H30N2O2S/c1-3-5-7-11-14-20(25)24-22-18(21(26)23-15-6-4-2)16-19(27-22)17-12-9-8-10-13-17/h8-10,12-13,16H,3-7,11,14-15H2,1-2H3,(H,23,26)(H,24,25). The van der Waals surface area contributed by atoms with Crippen LogP contribution in [-0.2, 0) is 4.79 Å². The first-order valence-corrected chi connectivity index (χ1v) is 10.7. The predicted molar refractivity (Wildman–Crippen MR) is 114 cm³/mol. The second-order valence-corrected chi connectivity index (χ2v) is 7.74. The van der Waals surface area contributed by atoms with Gasteiger partial charge in [0.1, 0.15) is 5.00 Å². The second-order valence-electron chi connectivity index (χ2n) is 6.69. The predicted octanol–water partition coefficient (Wildman–Crippen LogP) is 5.85. The number of amides is 2. The quantitative estimate of drug-likeness (QED) is 0.476. The molecule has 2 amide bonds. The molecule has 1 aromatic heterocycles. The van der Waals surface area contributed by atoms with Crippen molar-refractivity contribution in [1.29, 1.82) is 0 Å². The van der Waals surface area contributed by atoms with E-state index >= 15 is 0 Å². The highest BCUT2D eigenvalue weighted by atomic mass is 32.1. The summed E-state index contributed by atoms with van der Waals surface area (Å²) >= 11 is 1.46. The molecule has 0 aliphatic heterocycles. The van der Waals surface area contributed by atoms with Crippen molar-refractivity contribution in [2.45, 2.75) is 58.8 Å². The van der Waals surface area contributed by atoms with Crippen molar-refractivity contribution in [3.8, 4) is 10.4 Å². The zero-order valence-electron chi connectivity index (χ0n) is 16.3. The molecular formula is C22H30N2O2S. The van der Waals surface area contributed by atoms with Crippen molar-refractivity contribution < 1.29 is 9.59 Å². The van der Waals surface area contributed by atoms with Crippen molar-refractivity contribution in [2.75, 3.05) is 11.9 Å². The fourth-order valence-corrected chi connectivity index (χ4v) is 3.85. The molecule has 0 unspecified atom stereocenters. The van der Waals surface area contributed by atoms with Gasteiger partial charge < -0.3 is 10.6 Å². The number of carbonyl (C=O) groups excluding carboxylic acids is 2. The summed E-state index contributed by atoms with van der Waals surface area (Å²) in [4.78, 5) is 25.9. The maximum Gasteiger partial charge on any atom is 0.254 e. The molecule has 2 aromatic rings. The third-order valence-electron chi connectivity index (χ3n) is 4.36. The fraction of sp³-hybridized carbons (Fsp3) is 0.455. The first-order valence-electron chi connectivity index (χ1n) is 9.93. The molecule has 0 atom stereocenters. The summed E-state index contributed by atoms with van der Waals surface area (Å²) in [5.41, 5.74) is 1.60. The molecule has 0 radical (unpaired) electrons. The van der Waals surface area contributed by atoms with Gasteiger partial charge in [-0.25, -0.2) is 0 Å². The van der Waals surface area contributed by atoms with Crippen LogP contribution in [0.15, 0.2) is 36.4 Å². The molecule has 0 saturated heterocycles. The van der Waals surface area contributed by atoms with Crippen LogP contribution in [0.1, 0.15) is 69.2 Å². The minimum atomic E-state index is -0.122. The van der Waals surface area contributed by atoms with E-state index in [1.807, 2.05) is 36.4 Å². The Kier molecular flexibility index (Phi) is 9.05. The Labute approximate surface area is 166 Å². The summed E-state index contributed by atoms with van der Waals surface area (Å²) in [7, 11) is 0. The van der Waals surface area contributed by atoms with E-state index in [2.05, 4.69) is 24.5 Å². The molecule has 0 spiro atoms. The molecule has 0 aliphatic carbocycles. The van der Waals surface area contributed by atoms with E-state index in [0.29, 0.717) is 23.5 Å². The second kappa shape index (κ2) is 11.5. The van der Waals surface area contributed by atoms with Gasteiger partial charge in [-0.3, -0.25) is 9.59 Å². The first kappa shape index (κ1) is 21.2. The Morgan fingerprint density at radius 2 is 1.70 bits per heavy atom. The van der Waals surface area contributed by atoms with E-state index in [0.717, 1.165) is 49.0 Å². The summed E-state index contributed by atoms with van der Waals surface area (Å²) in [5, 5.41) is 6.56. The molecule has 2 rings (SSSR count). The Morgan fingerprint density at radius 3 is 2.41 bits per heavy atom. The van der Waals surface area contributed by atoms with Crippen molar-refractivity contribution in [1.82, 2.24) is 5.32 Å². The van der Waals surface area contributed by atoms with Crippen LogP contribution < -0.4 is 10.6 Å². The normalized spacial score (nSPS) is 10.6. The maximum absolute atomic E-state index is 12.6. The summed E-state index contributed by atoms with van der Waals surface area (Å²) in [6.45, 7) is 4.89. The number of carbonyl (C=O) groups is 2. The number of hydrogen-bond donors (Lipinski definition) is 2. The highest BCUT2D eigenvalue weighted by Crippen LogP contribution is 2.35. The molecule has 0 bridgehead atoms. The molecule has 0 fully saturated rings. The van der Waals surface area contributed by atoms with Gasteiger partial charge in [0.2, 0.25) is 5.91 Å². The number of anilines is 1. The first-order chi connectivity index (χ1) is 13.2. The molecule has 2 N–H and O–H groups in total. The van der Waals surface area contributed by atoms with E-state index in [1.165, 1.54) is 11.3 Å². The van der Waals surface area contributed by atoms with Gasteiger partial charge in [0.25, 0.3) is 5.91 Å².